The maximum atomic E-state index is 12.3. The van der Waals surface area contributed by atoms with E-state index in [0.717, 1.165) is 11.1 Å². The fraction of sp³-hybridized carbons (Fsp3) is 0.267. The number of benzene rings is 1. The summed E-state index contributed by atoms with van der Waals surface area (Å²) in [6.45, 7) is 5.50. The predicted molar refractivity (Wildman–Crippen MR) is 81.2 cm³/mol. The quantitative estimate of drug-likeness (QED) is 0.867. The maximum Gasteiger partial charge on any atom is 0.179 e. The van der Waals surface area contributed by atoms with Gasteiger partial charge in [-0.1, -0.05) is 24.8 Å². The zero-order chi connectivity index (χ0) is 14.9. The summed E-state index contributed by atoms with van der Waals surface area (Å²) >= 11 is 0. The van der Waals surface area contributed by atoms with Crippen molar-refractivity contribution >= 4 is 16.0 Å². The van der Waals surface area contributed by atoms with Crippen LogP contribution in [-0.4, -0.2) is 35.4 Å². The van der Waals surface area contributed by atoms with E-state index in [1.807, 2.05) is 18.3 Å². The van der Waals surface area contributed by atoms with Crippen molar-refractivity contribution in [3.63, 3.8) is 0 Å². The largest absolute Gasteiger partial charge is 0.294 e. The van der Waals surface area contributed by atoms with Gasteiger partial charge >= 0.3 is 0 Å². The van der Waals surface area contributed by atoms with Gasteiger partial charge in [0.15, 0.2) is 9.84 Å². The zero-order valence-electron chi connectivity index (χ0n) is 11.6. The lowest BCUT2D eigenvalue weighted by Crippen LogP contribution is -2.25. The van der Waals surface area contributed by atoms with Crippen molar-refractivity contribution in [3.8, 4) is 0 Å². The average molecular weight is 303 g/mol. The molecule has 21 heavy (non-hydrogen) atoms. The van der Waals surface area contributed by atoms with Gasteiger partial charge in [0.2, 0.25) is 0 Å². The van der Waals surface area contributed by atoms with Crippen molar-refractivity contribution in [2.75, 3.05) is 12.3 Å². The zero-order valence-corrected chi connectivity index (χ0v) is 12.5. The standard InChI is InChI=1S/C15H17N3O2S/c1-2-18-11-13(9-16-18)10-17-7-8-21(19,20)15-6-4-3-5-14(15)12-17/h2-6,9,11H,1,7-8,10,12H2. The molecule has 3 rings (SSSR count). The molecule has 0 saturated heterocycles. The number of sulfone groups is 1. The molecular weight excluding hydrogens is 286 g/mol. The highest BCUT2D eigenvalue weighted by Gasteiger charge is 2.25. The summed E-state index contributed by atoms with van der Waals surface area (Å²) in [6, 6.07) is 7.25. The third kappa shape index (κ3) is 2.91. The van der Waals surface area contributed by atoms with Crippen molar-refractivity contribution in [2.24, 2.45) is 0 Å². The lowest BCUT2D eigenvalue weighted by atomic mass is 10.2. The van der Waals surface area contributed by atoms with E-state index in [-0.39, 0.29) is 5.75 Å². The molecule has 0 spiro atoms. The molecule has 5 nitrogen and oxygen atoms in total. The number of hydrogen-bond donors (Lipinski definition) is 0. The van der Waals surface area contributed by atoms with E-state index in [4.69, 9.17) is 0 Å². The normalized spacial score (nSPS) is 17.9. The highest BCUT2D eigenvalue weighted by Crippen LogP contribution is 2.23. The molecule has 0 atom stereocenters. The molecule has 0 bridgehead atoms. The second-order valence-corrected chi connectivity index (χ2v) is 7.23. The van der Waals surface area contributed by atoms with Crippen LogP contribution in [0.3, 0.4) is 0 Å². The Morgan fingerprint density at radius 2 is 2.14 bits per heavy atom. The molecule has 1 aromatic heterocycles. The van der Waals surface area contributed by atoms with Crippen molar-refractivity contribution in [2.45, 2.75) is 18.0 Å². The molecule has 0 amide bonds. The minimum atomic E-state index is -3.18. The van der Waals surface area contributed by atoms with E-state index in [9.17, 15) is 8.42 Å². The van der Waals surface area contributed by atoms with Crippen LogP contribution in [0.5, 0.6) is 0 Å². The Hall–Kier alpha value is -1.92. The first kappa shape index (κ1) is 14.0. The van der Waals surface area contributed by atoms with E-state index in [1.54, 1.807) is 29.2 Å². The average Bonchev–Trinajstić information content (AvgIpc) is 2.88. The van der Waals surface area contributed by atoms with Gasteiger partial charge in [0.05, 0.1) is 16.8 Å². The van der Waals surface area contributed by atoms with Gasteiger partial charge in [-0.25, -0.2) is 13.1 Å². The molecule has 1 aromatic carbocycles. The molecule has 2 aromatic rings. The maximum absolute atomic E-state index is 12.3. The van der Waals surface area contributed by atoms with Gasteiger partial charge in [0.1, 0.15) is 0 Å². The highest BCUT2D eigenvalue weighted by molar-refractivity contribution is 7.91. The van der Waals surface area contributed by atoms with Gasteiger partial charge in [-0.05, 0) is 11.6 Å². The van der Waals surface area contributed by atoms with Crippen LogP contribution in [0.1, 0.15) is 11.1 Å². The Morgan fingerprint density at radius 1 is 1.33 bits per heavy atom. The minimum absolute atomic E-state index is 0.152. The van der Waals surface area contributed by atoms with Crippen LogP contribution in [0.25, 0.3) is 6.20 Å². The third-order valence-corrected chi connectivity index (χ3v) is 5.41. The van der Waals surface area contributed by atoms with E-state index in [2.05, 4.69) is 16.6 Å². The first-order valence-electron chi connectivity index (χ1n) is 6.77. The summed E-state index contributed by atoms with van der Waals surface area (Å²) in [6.07, 6.45) is 5.32. The number of rotatable bonds is 3. The van der Waals surface area contributed by atoms with Crippen molar-refractivity contribution in [1.82, 2.24) is 14.7 Å². The molecule has 2 heterocycles. The van der Waals surface area contributed by atoms with Gasteiger partial charge in [0, 0.05) is 37.6 Å². The van der Waals surface area contributed by atoms with Gasteiger partial charge in [-0.2, -0.15) is 5.10 Å². The van der Waals surface area contributed by atoms with Crippen molar-refractivity contribution < 1.29 is 8.42 Å². The number of nitrogens with zero attached hydrogens (tertiary/aromatic N) is 3. The fourth-order valence-corrected chi connectivity index (χ4v) is 4.11. The first-order valence-corrected chi connectivity index (χ1v) is 8.42. The van der Waals surface area contributed by atoms with E-state index >= 15 is 0 Å². The second kappa shape index (κ2) is 5.46. The number of hydrogen-bond acceptors (Lipinski definition) is 4. The van der Waals surface area contributed by atoms with E-state index < -0.39 is 9.84 Å². The van der Waals surface area contributed by atoms with Crippen LogP contribution in [0, 0.1) is 0 Å². The van der Waals surface area contributed by atoms with Crippen LogP contribution in [0.2, 0.25) is 0 Å². The molecule has 0 unspecified atom stereocenters. The molecule has 6 heteroatoms. The second-order valence-electron chi connectivity index (χ2n) is 5.15. The van der Waals surface area contributed by atoms with Crippen LogP contribution in [0.15, 0.2) is 48.1 Å². The smallest absolute Gasteiger partial charge is 0.179 e. The lowest BCUT2D eigenvalue weighted by molar-refractivity contribution is 0.273. The third-order valence-electron chi connectivity index (χ3n) is 3.63. The Bertz CT molecular complexity index is 765. The Balaban J connectivity index is 1.85. The summed E-state index contributed by atoms with van der Waals surface area (Å²) < 4.78 is 26.2. The molecule has 0 aliphatic carbocycles. The summed E-state index contributed by atoms with van der Waals surface area (Å²) in [5, 5.41) is 4.15. The SMILES string of the molecule is C=Cn1cc(CN2CCS(=O)(=O)c3ccccc3C2)cn1. The Labute approximate surface area is 124 Å². The minimum Gasteiger partial charge on any atom is -0.294 e. The molecule has 0 fully saturated rings. The molecular formula is C15H17N3O2S. The van der Waals surface area contributed by atoms with Crippen molar-refractivity contribution in [1.29, 1.82) is 0 Å². The lowest BCUT2D eigenvalue weighted by Gasteiger charge is -2.18. The first-order chi connectivity index (χ1) is 10.1. The van der Waals surface area contributed by atoms with Crippen LogP contribution < -0.4 is 0 Å². The predicted octanol–water partition coefficient (Wildman–Crippen LogP) is 1.77. The van der Waals surface area contributed by atoms with Crippen molar-refractivity contribution in [3.05, 3.63) is 54.4 Å². The van der Waals surface area contributed by atoms with Gasteiger partial charge in [-0.15, -0.1) is 0 Å². The molecule has 0 saturated carbocycles. The molecule has 1 aliphatic rings. The molecule has 110 valence electrons. The van der Waals surface area contributed by atoms with Crippen LogP contribution in [-0.2, 0) is 22.9 Å². The van der Waals surface area contributed by atoms with E-state index in [1.165, 1.54) is 0 Å². The van der Waals surface area contributed by atoms with Gasteiger partial charge in [0.25, 0.3) is 0 Å². The van der Waals surface area contributed by atoms with Gasteiger partial charge in [-0.3, -0.25) is 4.90 Å². The summed E-state index contributed by atoms with van der Waals surface area (Å²) in [5.41, 5.74) is 1.91. The number of fused-ring (bicyclic) bond motifs is 1. The monoisotopic (exact) mass is 303 g/mol. The fourth-order valence-electron chi connectivity index (χ4n) is 2.57. The van der Waals surface area contributed by atoms with E-state index in [0.29, 0.717) is 24.5 Å². The topological polar surface area (TPSA) is 55.2 Å². The number of aromatic nitrogens is 2. The molecule has 1 aliphatic heterocycles. The molecule has 0 N–H and O–H groups in total. The Kier molecular flexibility index (Phi) is 3.65. The molecule has 0 radical (unpaired) electrons. The highest BCUT2D eigenvalue weighted by atomic mass is 32.2. The summed E-state index contributed by atoms with van der Waals surface area (Å²) in [4.78, 5) is 2.60. The Morgan fingerprint density at radius 3 is 2.90 bits per heavy atom. The van der Waals surface area contributed by atoms with Crippen LogP contribution >= 0.6 is 0 Å². The van der Waals surface area contributed by atoms with Gasteiger partial charge < -0.3 is 0 Å². The summed E-state index contributed by atoms with van der Waals surface area (Å²) in [5.74, 6) is 0.152. The van der Waals surface area contributed by atoms with Crippen LogP contribution in [0.4, 0.5) is 0 Å². The summed E-state index contributed by atoms with van der Waals surface area (Å²) in [7, 11) is -3.18.